The van der Waals surface area contributed by atoms with Crippen molar-refractivity contribution in [1.82, 2.24) is 5.32 Å². The zero-order chi connectivity index (χ0) is 14.7. The molecule has 2 unspecified atom stereocenters. The van der Waals surface area contributed by atoms with E-state index in [1.807, 2.05) is 6.07 Å². The lowest BCUT2D eigenvalue weighted by Crippen LogP contribution is -2.32. The fourth-order valence-corrected chi connectivity index (χ4v) is 3.10. The Labute approximate surface area is 134 Å². The Kier molecular flexibility index (Phi) is 4.61. The zero-order valence-electron chi connectivity index (χ0n) is 12.2. The maximum absolute atomic E-state index is 5.99. The predicted octanol–water partition coefficient (Wildman–Crippen LogP) is 4.49. The van der Waals surface area contributed by atoms with Crippen LogP contribution in [0.2, 0.25) is 0 Å². The van der Waals surface area contributed by atoms with Gasteiger partial charge in [-0.3, -0.25) is 0 Å². The third-order valence-corrected chi connectivity index (χ3v) is 4.52. The van der Waals surface area contributed by atoms with Crippen LogP contribution in [0.3, 0.4) is 0 Å². The van der Waals surface area contributed by atoms with E-state index in [-0.39, 0.29) is 6.10 Å². The highest BCUT2D eigenvalue weighted by Crippen LogP contribution is 2.28. The Morgan fingerprint density at radius 1 is 1.19 bits per heavy atom. The molecule has 0 saturated heterocycles. The quantitative estimate of drug-likeness (QED) is 0.861. The first-order valence-electron chi connectivity index (χ1n) is 7.49. The van der Waals surface area contributed by atoms with Gasteiger partial charge in [0.25, 0.3) is 0 Å². The van der Waals surface area contributed by atoms with Crippen molar-refractivity contribution in [1.29, 1.82) is 0 Å². The second kappa shape index (κ2) is 6.63. The van der Waals surface area contributed by atoms with Crippen molar-refractivity contribution in [3.05, 3.63) is 64.1 Å². The van der Waals surface area contributed by atoms with Crippen LogP contribution in [0.1, 0.15) is 30.5 Å². The van der Waals surface area contributed by atoms with E-state index in [9.17, 15) is 0 Å². The van der Waals surface area contributed by atoms with Gasteiger partial charge in [0.15, 0.2) is 0 Å². The fourth-order valence-electron chi connectivity index (χ4n) is 2.83. The summed E-state index contributed by atoms with van der Waals surface area (Å²) in [7, 11) is 0. The van der Waals surface area contributed by atoms with Gasteiger partial charge < -0.3 is 10.1 Å². The summed E-state index contributed by atoms with van der Waals surface area (Å²) in [5.41, 5.74) is 2.65. The molecule has 0 spiro atoms. The summed E-state index contributed by atoms with van der Waals surface area (Å²) in [6.45, 7) is 3.09. The molecule has 0 aromatic heterocycles. The van der Waals surface area contributed by atoms with Crippen LogP contribution < -0.4 is 10.1 Å². The van der Waals surface area contributed by atoms with Crippen LogP contribution in [0.15, 0.2) is 53.0 Å². The minimum absolute atomic E-state index is 0.242. The summed E-state index contributed by atoms with van der Waals surface area (Å²) in [4.78, 5) is 0. The minimum Gasteiger partial charge on any atom is -0.488 e. The van der Waals surface area contributed by atoms with E-state index in [2.05, 4.69) is 70.6 Å². The average Bonchev–Trinajstić information content (AvgIpc) is 2.92. The van der Waals surface area contributed by atoms with E-state index in [1.165, 1.54) is 11.1 Å². The van der Waals surface area contributed by atoms with Crippen LogP contribution in [0.5, 0.6) is 5.75 Å². The maximum Gasteiger partial charge on any atom is 0.123 e. The highest BCUT2D eigenvalue weighted by atomic mass is 79.9. The molecule has 0 amide bonds. The van der Waals surface area contributed by atoms with Gasteiger partial charge in [-0.25, -0.2) is 0 Å². The smallest absolute Gasteiger partial charge is 0.123 e. The second-order valence-corrected chi connectivity index (χ2v) is 6.39. The van der Waals surface area contributed by atoms with Crippen molar-refractivity contribution in [2.45, 2.75) is 31.9 Å². The van der Waals surface area contributed by atoms with Crippen molar-refractivity contribution in [3.8, 4) is 5.75 Å². The molecule has 3 heteroatoms. The van der Waals surface area contributed by atoms with Gasteiger partial charge in [0.1, 0.15) is 11.9 Å². The summed E-state index contributed by atoms with van der Waals surface area (Å²) in [5, 5.41) is 3.64. The van der Waals surface area contributed by atoms with Crippen molar-refractivity contribution in [2.75, 3.05) is 6.54 Å². The Morgan fingerprint density at radius 3 is 2.67 bits per heavy atom. The molecule has 0 radical (unpaired) electrons. The summed E-state index contributed by atoms with van der Waals surface area (Å²) >= 11 is 3.49. The molecule has 2 aromatic carbocycles. The van der Waals surface area contributed by atoms with Gasteiger partial charge >= 0.3 is 0 Å². The lowest BCUT2D eigenvalue weighted by molar-refractivity contribution is 0.220. The number of rotatable bonds is 5. The van der Waals surface area contributed by atoms with Gasteiger partial charge in [-0.05, 0) is 35.7 Å². The lowest BCUT2D eigenvalue weighted by atomic mass is 10.0. The summed E-state index contributed by atoms with van der Waals surface area (Å²) < 4.78 is 7.11. The molecule has 0 aliphatic carbocycles. The third-order valence-electron chi connectivity index (χ3n) is 3.99. The minimum atomic E-state index is 0.242. The number of hydrogen-bond acceptors (Lipinski definition) is 2. The van der Waals surface area contributed by atoms with Crippen LogP contribution >= 0.6 is 15.9 Å². The molecular weight excluding hydrogens is 326 g/mol. The van der Waals surface area contributed by atoms with E-state index in [4.69, 9.17) is 4.74 Å². The summed E-state index contributed by atoms with van der Waals surface area (Å²) in [5.74, 6) is 1.04. The second-order valence-electron chi connectivity index (χ2n) is 5.47. The topological polar surface area (TPSA) is 21.3 Å². The molecule has 0 fully saturated rings. The largest absolute Gasteiger partial charge is 0.488 e. The predicted molar refractivity (Wildman–Crippen MR) is 89.7 cm³/mol. The van der Waals surface area contributed by atoms with Gasteiger partial charge in [0, 0.05) is 23.5 Å². The van der Waals surface area contributed by atoms with Crippen LogP contribution in [0, 0.1) is 0 Å². The highest BCUT2D eigenvalue weighted by Gasteiger charge is 2.22. The van der Waals surface area contributed by atoms with Crippen LogP contribution in [-0.4, -0.2) is 12.6 Å². The molecule has 1 N–H and O–H groups in total. The molecule has 110 valence electrons. The molecule has 1 aliphatic heterocycles. The molecule has 3 rings (SSSR count). The zero-order valence-corrected chi connectivity index (χ0v) is 13.8. The van der Waals surface area contributed by atoms with Crippen LogP contribution in [0.25, 0.3) is 0 Å². The fraction of sp³-hybridized carbons (Fsp3) is 0.333. The Balaban J connectivity index is 1.58. The molecular formula is C18H20BrNO. The Morgan fingerprint density at radius 2 is 1.95 bits per heavy atom. The van der Waals surface area contributed by atoms with Crippen molar-refractivity contribution in [2.24, 2.45) is 0 Å². The van der Waals surface area contributed by atoms with E-state index < -0.39 is 0 Å². The van der Waals surface area contributed by atoms with Gasteiger partial charge in [-0.15, -0.1) is 0 Å². The van der Waals surface area contributed by atoms with Gasteiger partial charge in [-0.2, -0.15) is 0 Å². The van der Waals surface area contributed by atoms with Gasteiger partial charge in [-0.1, -0.05) is 53.2 Å². The van der Waals surface area contributed by atoms with Gasteiger partial charge in [0.2, 0.25) is 0 Å². The number of hydrogen-bond donors (Lipinski definition) is 1. The maximum atomic E-state index is 5.99. The number of ether oxygens (including phenoxy) is 1. The molecule has 1 aliphatic rings. The lowest BCUT2D eigenvalue weighted by Gasteiger charge is -2.20. The number of benzene rings is 2. The number of para-hydroxylation sites is 1. The Hall–Kier alpha value is -1.32. The van der Waals surface area contributed by atoms with E-state index in [0.717, 1.165) is 29.6 Å². The highest BCUT2D eigenvalue weighted by molar-refractivity contribution is 9.10. The Bertz CT molecular complexity index is 571. The first kappa shape index (κ1) is 14.6. The average molecular weight is 346 g/mol. The summed E-state index contributed by atoms with van der Waals surface area (Å²) in [6, 6.07) is 17.3. The molecule has 2 atom stereocenters. The van der Waals surface area contributed by atoms with E-state index in [0.29, 0.717) is 6.04 Å². The van der Waals surface area contributed by atoms with Gasteiger partial charge in [0.05, 0.1) is 0 Å². The van der Waals surface area contributed by atoms with Crippen LogP contribution in [-0.2, 0) is 6.42 Å². The van der Waals surface area contributed by atoms with Crippen molar-refractivity contribution in [3.63, 3.8) is 0 Å². The van der Waals surface area contributed by atoms with Crippen molar-refractivity contribution < 1.29 is 4.74 Å². The first-order valence-corrected chi connectivity index (χ1v) is 8.29. The SMILES string of the molecule is CCC(NCC1Cc2ccccc2O1)c1ccc(Br)cc1. The normalized spacial score (nSPS) is 18.1. The third kappa shape index (κ3) is 3.47. The molecule has 21 heavy (non-hydrogen) atoms. The van der Waals surface area contributed by atoms with E-state index in [1.54, 1.807) is 0 Å². The molecule has 0 saturated carbocycles. The molecule has 1 heterocycles. The van der Waals surface area contributed by atoms with Crippen molar-refractivity contribution >= 4 is 15.9 Å². The standard InChI is InChI=1S/C18H20BrNO/c1-2-17(13-7-9-15(19)10-8-13)20-12-16-11-14-5-3-4-6-18(14)21-16/h3-10,16-17,20H,2,11-12H2,1H3. The van der Waals surface area contributed by atoms with E-state index >= 15 is 0 Å². The van der Waals surface area contributed by atoms with Crippen LogP contribution in [0.4, 0.5) is 0 Å². The monoisotopic (exact) mass is 345 g/mol. The molecule has 0 bridgehead atoms. The molecule has 2 nitrogen and oxygen atoms in total. The number of fused-ring (bicyclic) bond motifs is 1. The number of halogens is 1. The summed E-state index contributed by atoms with van der Waals surface area (Å²) in [6.07, 6.45) is 2.31. The first-order chi connectivity index (χ1) is 10.3. The molecule has 2 aromatic rings. The number of nitrogens with one attached hydrogen (secondary N) is 1.